The van der Waals surface area contributed by atoms with Crippen molar-refractivity contribution in [2.75, 3.05) is 0 Å². The average Bonchev–Trinajstić information content (AvgIpc) is 2.67. The van der Waals surface area contributed by atoms with Gasteiger partial charge >= 0.3 is 21.9 Å². The second-order valence-electron chi connectivity index (χ2n) is 5.85. The van der Waals surface area contributed by atoms with Gasteiger partial charge in [-0.1, -0.05) is 36.4 Å². The van der Waals surface area contributed by atoms with Crippen molar-refractivity contribution in [1.82, 2.24) is 10.9 Å². The first-order valence-corrected chi connectivity index (χ1v) is 10.5. The highest BCUT2D eigenvalue weighted by molar-refractivity contribution is 7.25. The lowest BCUT2D eigenvalue weighted by atomic mass is 10.1. The van der Waals surface area contributed by atoms with Crippen LogP contribution in [0.5, 0.6) is 11.5 Å². The van der Waals surface area contributed by atoms with Gasteiger partial charge in [-0.2, -0.15) is 18.3 Å². The average molecular weight is 440 g/mol. The Labute approximate surface area is 167 Å². The van der Waals surface area contributed by atoms with Crippen LogP contribution in [0.4, 0.5) is 4.79 Å². The van der Waals surface area contributed by atoms with Gasteiger partial charge in [0.15, 0.2) is 11.5 Å². The summed E-state index contributed by atoms with van der Waals surface area (Å²) >= 11 is 0. The van der Waals surface area contributed by atoms with Crippen LogP contribution in [0.2, 0.25) is 0 Å². The predicted molar refractivity (Wildman–Crippen MR) is 100 cm³/mol. The van der Waals surface area contributed by atoms with Gasteiger partial charge in [-0.25, -0.2) is 10.2 Å². The maximum atomic E-state index is 11.7. The van der Waals surface area contributed by atoms with E-state index in [0.29, 0.717) is 12.0 Å². The zero-order chi connectivity index (χ0) is 21.2. The van der Waals surface area contributed by atoms with E-state index in [2.05, 4.69) is 19.9 Å². The Morgan fingerprint density at radius 2 is 1.59 bits per heavy atom. The topological polar surface area (TPSA) is 137 Å². The Bertz CT molecular complexity index is 961. The first kappa shape index (κ1) is 22.4. The Morgan fingerprint density at radius 1 is 0.931 bits per heavy atom. The van der Waals surface area contributed by atoms with Crippen molar-refractivity contribution in [3.05, 3.63) is 59.7 Å². The summed E-state index contributed by atoms with van der Waals surface area (Å²) < 4.78 is 57.2. The van der Waals surface area contributed by atoms with E-state index in [1.165, 1.54) is 12.1 Å². The van der Waals surface area contributed by atoms with Crippen LogP contribution in [0, 0.1) is 0 Å². The van der Waals surface area contributed by atoms with E-state index < -0.39 is 21.9 Å². The van der Waals surface area contributed by atoms with E-state index in [1.807, 2.05) is 30.3 Å². The molecule has 0 saturated heterocycles. The van der Waals surface area contributed by atoms with Gasteiger partial charge in [-0.15, -0.1) is 0 Å². The number of carbonyl (C=O) groups is 1. The summed E-state index contributed by atoms with van der Waals surface area (Å²) in [6, 6.07) is 13.1. The van der Waals surface area contributed by atoms with Crippen molar-refractivity contribution in [3.63, 3.8) is 0 Å². The molecule has 29 heavy (non-hydrogen) atoms. The molecule has 154 valence electrons. The Morgan fingerprint density at radius 3 is 2.24 bits per heavy atom. The number of amides is 1. The van der Waals surface area contributed by atoms with Crippen LogP contribution in [-0.4, -0.2) is 12.1 Å². The molecule has 0 radical (unpaired) electrons. The summed E-state index contributed by atoms with van der Waals surface area (Å²) in [6.45, 7) is 1.89. The number of hydrazine groups is 1. The summed E-state index contributed by atoms with van der Waals surface area (Å²) in [7, 11) is -6.48. The predicted octanol–water partition coefficient (Wildman–Crippen LogP) is 3.98. The molecule has 2 aromatic rings. The maximum Gasteiger partial charge on any atom is 0.529 e. The third kappa shape index (κ3) is 8.31. The molecule has 12 heteroatoms. The van der Waals surface area contributed by atoms with Crippen LogP contribution in [0.15, 0.2) is 48.5 Å². The molecule has 2 rings (SSSR count). The summed E-state index contributed by atoms with van der Waals surface area (Å²) in [6.07, 6.45) is -0.301. The molecule has 10 nitrogen and oxygen atoms in total. The molecule has 0 heterocycles. The minimum absolute atomic E-state index is 0.125. The number of rotatable bonds is 10. The van der Waals surface area contributed by atoms with Crippen molar-refractivity contribution in [1.29, 1.82) is 0 Å². The minimum Gasteiger partial charge on any atom is -0.444 e. The van der Waals surface area contributed by atoms with Crippen molar-refractivity contribution in [2.24, 2.45) is 0 Å². The molecule has 0 bridgehead atoms. The normalized spacial score (nSPS) is 11.2. The molecule has 0 aromatic heterocycles. The summed E-state index contributed by atoms with van der Waals surface area (Å²) in [5, 5.41) is 0. The molecule has 0 aliphatic rings. The van der Waals surface area contributed by atoms with Gasteiger partial charge in [0.2, 0.25) is 0 Å². The SMILES string of the molecule is C[C@H](Cc1ccc(OP(=O)=O)c(OP(=O)=O)c1)NNC(=O)OCc1ccccc1. The smallest absolute Gasteiger partial charge is 0.444 e. The monoisotopic (exact) mass is 440 g/mol. The molecule has 0 unspecified atom stereocenters. The van der Waals surface area contributed by atoms with E-state index in [4.69, 9.17) is 4.74 Å². The lowest BCUT2D eigenvalue weighted by molar-refractivity contribution is 0.133. The number of benzene rings is 2. The van der Waals surface area contributed by atoms with Gasteiger partial charge in [0.05, 0.1) is 0 Å². The second-order valence-corrected chi connectivity index (χ2v) is 7.11. The fraction of sp³-hybridized carbons (Fsp3) is 0.235. The molecule has 0 saturated carbocycles. The number of ether oxygens (including phenoxy) is 1. The van der Waals surface area contributed by atoms with Crippen molar-refractivity contribution >= 4 is 21.9 Å². The Hall–Kier alpha value is -2.93. The van der Waals surface area contributed by atoms with Crippen molar-refractivity contribution in [3.8, 4) is 11.5 Å². The van der Waals surface area contributed by atoms with Gasteiger partial charge in [0.25, 0.3) is 0 Å². The highest BCUT2D eigenvalue weighted by atomic mass is 31.1. The maximum absolute atomic E-state index is 11.7. The molecule has 0 spiro atoms. The lowest BCUT2D eigenvalue weighted by Gasteiger charge is -2.15. The highest BCUT2D eigenvalue weighted by Crippen LogP contribution is 2.35. The first-order chi connectivity index (χ1) is 13.8. The van der Waals surface area contributed by atoms with Crippen LogP contribution in [0.25, 0.3) is 0 Å². The summed E-state index contributed by atoms with van der Waals surface area (Å²) in [4.78, 5) is 11.7. The third-order valence-corrected chi connectivity index (χ3v) is 4.22. The largest absolute Gasteiger partial charge is 0.529 e. The van der Waals surface area contributed by atoms with Gasteiger partial charge in [0.1, 0.15) is 6.61 Å². The quantitative estimate of drug-likeness (QED) is 0.415. The van der Waals surface area contributed by atoms with Crippen molar-refractivity contribution in [2.45, 2.75) is 26.0 Å². The van der Waals surface area contributed by atoms with Gasteiger partial charge in [0, 0.05) is 6.04 Å². The minimum atomic E-state index is -3.26. The highest BCUT2D eigenvalue weighted by Gasteiger charge is 2.13. The standard InChI is InChI=1S/C17H18N2O8P2/c1-12(18-19-17(20)25-11-13-5-3-2-4-6-13)9-14-7-8-15(26-28(21)22)16(10-14)27-29(23)24/h2-8,10,12,18H,9,11H2,1H3,(H,19,20)/t12-/m1/s1. The zero-order valence-corrected chi connectivity index (χ0v) is 17.1. The fourth-order valence-corrected chi connectivity index (χ4v) is 2.95. The van der Waals surface area contributed by atoms with Crippen LogP contribution in [-0.2, 0) is 36.0 Å². The first-order valence-electron chi connectivity index (χ1n) is 8.33. The molecule has 2 N–H and O–H groups in total. The number of hydrogen-bond donors (Lipinski definition) is 2. The van der Waals surface area contributed by atoms with Crippen LogP contribution in [0.3, 0.4) is 0 Å². The molecule has 0 aliphatic heterocycles. The molecule has 0 aliphatic carbocycles. The van der Waals surface area contributed by atoms with E-state index >= 15 is 0 Å². The van der Waals surface area contributed by atoms with E-state index in [9.17, 15) is 23.1 Å². The van der Waals surface area contributed by atoms with Crippen LogP contribution in [0.1, 0.15) is 18.1 Å². The fourth-order valence-electron chi connectivity index (χ4n) is 2.33. The number of carbonyl (C=O) groups excluding carboxylic acids is 1. The molecule has 1 atom stereocenters. The van der Waals surface area contributed by atoms with E-state index in [1.54, 1.807) is 13.0 Å². The molecule has 0 fully saturated rings. The van der Waals surface area contributed by atoms with Gasteiger partial charge in [-0.05, 0) is 36.6 Å². The summed E-state index contributed by atoms with van der Waals surface area (Å²) in [5.74, 6) is -0.493. The van der Waals surface area contributed by atoms with Crippen LogP contribution >= 0.6 is 15.8 Å². The zero-order valence-electron chi connectivity index (χ0n) is 15.3. The number of hydrogen-bond acceptors (Lipinski definition) is 9. The van der Waals surface area contributed by atoms with Crippen LogP contribution < -0.4 is 19.9 Å². The number of nitrogens with one attached hydrogen (secondary N) is 2. The summed E-state index contributed by atoms with van der Waals surface area (Å²) in [5.41, 5.74) is 6.64. The Kier molecular flexibility index (Phi) is 8.61. The molecule has 1 amide bonds. The van der Waals surface area contributed by atoms with Gasteiger partial charge < -0.3 is 13.8 Å². The lowest BCUT2D eigenvalue weighted by Crippen LogP contribution is -2.44. The third-order valence-electron chi connectivity index (χ3n) is 3.53. The van der Waals surface area contributed by atoms with Crippen molar-refractivity contribution < 1.29 is 36.8 Å². The molecule has 2 aromatic carbocycles. The van der Waals surface area contributed by atoms with Gasteiger partial charge in [-0.3, -0.25) is 5.43 Å². The second kappa shape index (κ2) is 11.2. The van der Waals surface area contributed by atoms with E-state index in [-0.39, 0.29) is 24.1 Å². The molecular formula is C17H18N2O8P2. The molecular weight excluding hydrogens is 422 g/mol. The van der Waals surface area contributed by atoms with E-state index in [0.717, 1.165) is 5.56 Å². The Balaban J connectivity index is 1.88.